The number of halogens is 1. The number of fused-ring (bicyclic) bond motifs is 1. The Bertz CT molecular complexity index is 506. The van der Waals surface area contributed by atoms with E-state index in [2.05, 4.69) is 15.4 Å². The van der Waals surface area contributed by atoms with Gasteiger partial charge in [0.05, 0.1) is 24.4 Å². The molecule has 1 aromatic heterocycles. The van der Waals surface area contributed by atoms with Crippen LogP contribution in [-0.4, -0.2) is 52.6 Å². The van der Waals surface area contributed by atoms with E-state index < -0.39 is 0 Å². The van der Waals surface area contributed by atoms with Gasteiger partial charge in [-0.25, -0.2) is 0 Å². The molecule has 2 aliphatic heterocycles. The third-order valence-corrected chi connectivity index (χ3v) is 5.25. The Morgan fingerprint density at radius 1 is 1.57 bits per heavy atom. The molecule has 118 valence electrons. The number of nitrogens with two attached hydrogens (primary N) is 1. The Labute approximate surface area is 130 Å². The van der Waals surface area contributed by atoms with Crippen LogP contribution in [0, 0.1) is 6.92 Å². The standard InChI is InChI=1S/C14H24ClN5O/c1-9-11(14(15)19(2)18-9)6-12(17-16)13-7-20-5-3-4-10(20)8-21-13/h10,12-13,17H,3-8,16H2,1-2H3. The fraction of sp³-hybridized carbons (Fsp3) is 0.786. The molecule has 3 rings (SSSR count). The normalized spacial score (nSPS) is 27.8. The zero-order chi connectivity index (χ0) is 15.0. The molecule has 0 radical (unpaired) electrons. The van der Waals surface area contributed by atoms with Gasteiger partial charge >= 0.3 is 0 Å². The van der Waals surface area contributed by atoms with Crippen LogP contribution in [0.2, 0.25) is 5.15 Å². The summed E-state index contributed by atoms with van der Waals surface area (Å²) in [6, 6.07) is 0.648. The Hall–Kier alpha value is -0.660. The minimum atomic E-state index is 0.0481. The van der Waals surface area contributed by atoms with Crippen LogP contribution in [0.4, 0.5) is 0 Å². The topological polar surface area (TPSA) is 68.3 Å². The molecule has 3 unspecified atom stereocenters. The van der Waals surface area contributed by atoms with E-state index in [0.29, 0.717) is 11.2 Å². The van der Waals surface area contributed by atoms with Gasteiger partial charge < -0.3 is 4.74 Å². The number of nitrogens with one attached hydrogen (secondary N) is 1. The summed E-state index contributed by atoms with van der Waals surface area (Å²) in [6.07, 6.45) is 3.36. The van der Waals surface area contributed by atoms with Gasteiger partial charge in [0, 0.05) is 25.2 Å². The van der Waals surface area contributed by atoms with Crippen molar-refractivity contribution in [1.29, 1.82) is 0 Å². The number of hydrogen-bond donors (Lipinski definition) is 2. The van der Waals surface area contributed by atoms with E-state index in [4.69, 9.17) is 22.2 Å². The molecular formula is C14H24ClN5O. The first-order chi connectivity index (χ1) is 10.1. The number of hydrazine groups is 1. The third-order valence-electron chi connectivity index (χ3n) is 4.77. The predicted octanol–water partition coefficient (Wildman–Crippen LogP) is 0.620. The molecule has 0 amide bonds. The predicted molar refractivity (Wildman–Crippen MR) is 82.1 cm³/mol. The first kappa shape index (κ1) is 15.2. The highest BCUT2D eigenvalue weighted by molar-refractivity contribution is 6.30. The minimum absolute atomic E-state index is 0.0481. The van der Waals surface area contributed by atoms with Crippen molar-refractivity contribution < 1.29 is 4.74 Å². The Morgan fingerprint density at radius 2 is 2.38 bits per heavy atom. The number of hydrogen-bond acceptors (Lipinski definition) is 5. The molecule has 2 fully saturated rings. The molecular weight excluding hydrogens is 290 g/mol. The lowest BCUT2D eigenvalue weighted by molar-refractivity contribution is -0.0644. The fourth-order valence-corrected chi connectivity index (χ4v) is 3.76. The van der Waals surface area contributed by atoms with E-state index in [1.54, 1.807) is 4.68 Å². The third kappa shape index (κ3) is 2.96. The van der Waals surface area contributed by atoms with Crippen LogP contribution >= 0.6 is 11.6 Å². The molecule has 0 aromatic carbocycles. The zero-order valence-electron chi connectivity index (χ0n) is 12.7. The summed E-state index contributed by atoms with van der Waals surface area (Å²) >= 11 is 6.32. The second-order valence-electron chi connectivity index (χ2n) is 6.12. The largest absolute Gasteiger partial charge is 0.374 e. The SMILES string of the molecule is Cc1nn(C)c(Cl)c1CC(NN)C1CN2CCCC2CO1. The highest BCUT2D eigenvalue weighted by atomic mass is 35.5. The smallest absolute Gasteiger partial charge is 0.130 e. The average Bonchev–Trinajstić information content (AvgIpc) is 3.03. The van der Waals surface area contributed by atoms with Crippen molar-refractivity contribution in [2.45, 2.75) is 44.4 Å². The maximum absolute atomic E-state index is 6.32. The van der Waals surface area contributed by atoms with Crippen LogP contribution in [0.25, 0.3) is 0 Å². The van der Waals surface area contributed by atoms with E-state index in [0.717, 1.165) is 30.8 Å². The summed E-state index contributed by atoms with van der Waals surface area (Å²) in [7, 11) is 1.86. The first-order valence-electron chi connectivity index (χ1n) is 7.60. The van der Waals surface area contributed by atoms with Crippen molar-refractivity contribution in [3.8, 4) is 0 Å². The van der Waals surface area contributed by atoms with Crippen LogP contribution < -0.4 is 11.3 Å². The fourth-order valence-electron chi connectivity index (χ4n) is 3.51. The average molecular weight is 314 g/mol. The van der Waals surface area contributed by atoms with Gasteiger partial charge in [-0.15, -0.1) is 0 Å². The summed E-state index contributed by atoms with van der Waals surface area (Å²) in [5.74, 6) is 5.78. The van der Waals surface area contributed by atoms with Crippen molar-refractivity contribution in [3.63, 3.8) is 0 Å². The molecule has 3 atom stereocenters. The highest BCUT2D eigenvalue weighted by Gasteiger charge is 2.36. The molecule has 0 spiro atoms. The minimum Gasteiger partial charge on any atom is -0.374 e. The second kappa shape index (κ2) is 6.22. The van der Waals surface area contributed by atoms with E-state index in [-0.39, 0.29) is 12.1 Å². The van der Waals surface area contributed by atoms with E-state index in [9.17, 15) is 0 Å². The maximum atomic E-state index is 6.32. The van der Waals surface area contributed by atoms with Gasteiger partial charge in [-0.2, -0.15) is 5.10 Å². The van der Waals surface area contributed by atoms with Crippen molar-refractivity contribution in [3.05, 3.63) is 16.4 Å². The molecule has 0 saturated carbocycles. The molecule has 2 aliphatic rings. The molecule has 6 nitrogen and oxygen atoms in total. The Balaban J connectivity index is 1.70. The van der Waals surface area contributed by atoms with Crippen LogP contribution in [0.3, 0.4) is 0 Å². The summed E-state index contributed by atoms with van der Waals surface area (Å²) in [5, 5.41) is 5.04. The van der Waals surface area contributed by atoms with Gasteiger partial charge in [0.25, 0.3) is 0 Å². The quantitative estimate of drug-likeness (QED) is 0.630. The monoisotopic (exact) mass is 313 g/mol. The summed E-state index contributed by atoms with van der Waals surface area (Å²) in [5.41, 5.74) is 4.92. The van der Waals surface area contributed by atoms with Crippen LogP contribution in [0.15, 0.2) is 0 Å². The number of aryl methyl sites for hydroxylation is 2. The second-order valence-corrected chi connectivity index (χ2v) is 6.48. The van der Waals surface area contributed by atoms with Gasteiger partial charge in [0.2, 0.25) is 0 Å². The molecule has 2 saturated heterocycles. The zero-order valence-corrected chi connectivity index (χ0v) is 13.4. The first-order valence-corrected chi connectivity index (χ1v) is 7.97. The Morgan fingerprint density at radius 3 is 3.05 bits per heavy atom. The van der Waals surface area contributed by atoms with Crippen LogP contribution in [0.5, 0.6) is 0 Å². The number of aromatic nitrogens is 2. The molecule has 3 heterocycles. The van der Waals surface area contributed by atoms with Crippen LogP contribution in [-0.2, 0) is 18.2 Å². The highest BCUT2D eigenvalue weighted by Crippen LogP contribution is 2.26. The number of morpholine rings is 1. The van der Waals surface area contributed by atoms with Gasteiger partial charge in [0.15, 0.2) is 0 Å². The van der Waals surface area contributed by atoms with Crippen molar-refractivity contribution in [1.82, 2.24) is 20.1 Å². The summed E-state index contributed by atoms with van der Waals surface area (Å²) < 4.78 is 7.76. The van der Waals surface area contributed by atoms with E-state index in [1.165, 1.54) is 19.4 Å². The number of rotatable bonds is 4. The molecule has 7 heteroatoms. The van der Waals surface area contributed by atoms with Gasteiger partial charge in [0.1, 0.15) is 5.15 Å². The molecule has 0 bridgehead atoms. The summed E-state index contributed by atoms with van der Waals surface area (Å²) in [6.45, 7) is 4.90. The lowest BCUT2D eigenvalue weighted by Gasteiger charge is -2.38. The summed E-state index contributed by atoms with van der Waals surface area (Å²) in [4.78, 5) is 2.52. The maximum Gasteiger partial charge on any atom is 0.130 e. The van der Waals surface area contributed by atoms with E-state index in [1.807, 2.05) is 14.0 Å². The van der Waals surface area contributed by atoms with Crippen LogP contribution in [0.1, 0.15) is 24.1 Å². The van der Waals surface area contributed by atoms with Gasteiger partial charge in [-0.1, -0.05) is 11.6 Å². The lowest BCUT2D eigenvalue weighted by Crippen LogP contribution is -2.56. The number of ether oxygens (including phenoxy) is 1. The van der Waals surface area contributed by atoms with Gasteiger partial charge in [-0.05, 0) is 32.7 Å². The molecule has 3 N–H and O–H groups in total. The molecule has 21 heavy (non-hydrogen) atoms. The van der Waals surface area contributed by atoms with Crippen molar-refractivity contribution >= 4 is 11.6 Å². The van der Waals surface area contributed by atoms with Crippen molar-refractivity contribution in [2.75, 3.05) is 19.7 Å². The molecule has 1 aromatic rings. The van der Waals surface area contributed by atoms with Crippen molar-refractivity contribution in [2.24, 2.45) is 12.9 Å². The number of nitrogens with zero attached hydrogens (tertiary/aromatic N) is 3. The molecule has 0 aliphatic carbocycles. The Kier molecular flexibility index (Phi) is 4.51. The lowest BCUT2D eigenvalue weighted by atomic mass is 10.0. The van der Waals surface area contributed by atoms with E-state index >= 15 is 0 Å². The van der Waals surface area contributed by atoms with Gasteiger partial charge in [-0.3, -0.25) is 20.9 Å².